The molecule has 0 saturated heterocycles. The number of aliphatic hydroxyl groups excluding tert-OH is 1. The normalized spacial score (nSPS) is 11.1. The van der Waals surface area contributed by atoms with Crippen molar-refractivity contribution in [2.45, 2.75) is 13.3 Å². The molecule has 0 aliphatic carbocycles. The summed E-state index contributed by atoms with van der Waals surface area (Å²) in [5.41, 5.74) is 2.83. The van der Waals surface area contributed by atoms with Crippen molar-refractivity contribution in [2.24, 2.45) is 0 Å². The molecule has 0 aromatic carbocycles. The van der Waals surface area contributed by atoms with Crippen LogP contribution in [0.4, 0.5) is 0 Å². The van der Waals surface area contributed by atoms with E-state index >= 15 is 0 Å². The van der Waals surface area contributed by atoms with E-state index in [-0.39, 0.29) is 6.61 Å². The molecule has 0 unspecified atom stereocenters. The summed E-state index contributed by atoms with van der Waals surface area (Å²) in [6, 6.07) is 1.88. The third kappa shape index (κ3) is 1.61. The van der Waals surface area contributed by atoms with E-state index in [4.69, 9.17) is 16.7 Å². The van der Waals surface area contributed by atoms with Gasteiger partial charge >= 0.3 is 0 Å². The van der Waals surface area contributed by atoms with E-state index in [2.05, 4.69) is 4.98 Å². The highest BCUT2D eigenvalue weighted by Crippen LogP contribution is 2.16. The quantitative estimate of drug-likeness (QED) is 0.821. The molecule has 1 N–H and O–H groups in total. The highest BCUT2D eigenvalue weighted by Gasteiger charge is 2.04. The second-order valence-electron chi connectivity index (χ2n) is 3.28. The largest absolute Gasteiger partial charge is 0.396 e. The van der Waals surface area contributed by atoms with Gasteiger partial charge < -0.3 is 9.51 Å². The summed E-state index contributed by atoms with van der Waals surface area (Å²) >= 11 is 5.91. The first-order valence-electron chi connectivity index (χ1n) is 4.45. The Balaban J connectivity index is 2.58. The van der Waals surface area contributed by atoms with Gasteiger partial charge in [0.1, 0.15) is 5.65 Å². The number of hydrogen-bond donors (Lipinski definition) is 1. The zero-order valence-corrected chi connectivity index (χ0v) is 8.62. The molecule has 0 radical (unpaired) electrons. The van der Waals surface area contributed by atoms with Crippen molar-refractivity contribution in [1.82, 2.24) is 9.38 Å². The van der Waals surface area contributed by atoms with E-state index < -0.39 is 0 Å². The lowest BCUT2D eigenvalue weighted by molar-refractivity contribution is 0.298. The summed E-state index contributed by atoms with van der Waals surface area (Å²) in [7, 11) is 0. The third-order valence-electron chi connectivity index (χ3n) is 2.12. The molecule has 0 aliphatic heterocycles. The van der Waals surface area contributed by atoms with Crippen LogP contribution in [0.25, 0.3) is 5.65 Å². The topological polar surface area (TPSA) is 37.5 Å². The predicted octanol–water partition coefficient (Wildman–Crippen LogP) is 1.83. The molecule has 4 heteroatoms. The van der Waals surface area contributed by atoms with Gasteiger partial charge in [-0.05, 0) is 18.6 Å². The molecule has 0 aliphatic rings. The number of halogens is 1. The summed E-state index contributed by atoms with van der Waals surface area (Å²) in [5, 5.41) is 9.49. The molecule has 0 fully saturated rings. The van der Waals surface area contributed by atoms with Crippen molar-refractivity contribution >= 4 is 17.2 Å². The Morgan fingerprint density at radius 1 is 1.50 bits per heavy atom. The molecule has 2 aromatic heterocycles. The van der Waals surface area contributed by atoms with Gasteiger partial charge in [0, 0.05) is 25.4 Å². The third-order valence-corrected chi connectivity index (χ3v) is 2.33. The molecule has 2 heterocycles. The SMILES string of the molecule is Cc1cc(Cl)cn2cc(CCO)nc12. The van der Waals surface area contributed by atoms with Gasteiger partial charge in [0.15, 0.2) is 0 Å². The summed E-state index contributed by atoms with van der Waals surface area (Å²) in [6.45, 7) is 2.09. The second kappa shape index (κ2) is 3.59. The van der Waals surface area contributed by atoms with Crippen molar-refractivity contribution in [3.8, 4) is 0 Å². The van der Waals surface area contributed by atoms with Crippen molar-refractivity contribution in [3.63, 3.8) is 0 Å². The van der Waals surface area contributed by atoms with Crippen molar-refractivity contribution in [1.29, 1.82) is 0 Å². The maximum Gasteiger partial charge on any atom is 0.140 e. The first kappa shape index (κ1) is 9.49. The van der Waals surface area contributed by atoms with Gasteiger partial charge in [-0.2, -0.15) is 0 Å². The lowest BCUT2D eigenvalue weighted by atomic mass is 10.3. The molecule has 74 valence electrons. The number of fused-ring (bicyclic) bond motifs is 1. The van der Waals surface area contributed by atoms with Crippen molar-refractivity contribution < 1.29 is 5.11 Å². The monoisotopic (exact) mass is 210 g/mol. The highest BCUT2D eigenvalue weighted by atomic mass is 35.5. The number of aliphatic hydroxyl groups is 1. The van der Waals surface area contributed by atoms with Gasteiger partial charge in [0.25, 0.3) is 0 Å². The van der Waals surface area contributed by atoms with Gasteiger partial charge in [-0.3, -0.25) is 0 Å². The number of aromatic nitrogens is 2. The second-order valence-corrected chi connectivity index (χ2v) is 3.71. The average Bonchev–Trinajstić information content (AvgIpc) is 2.48. The average molecular weight is 211 g/mol. The molecule has 0 amide bonds. The number of nitrogens with zero attached hydrogens (tertiary/aromatic N) is 2. The molecular weight excluding hydrogens is 200 g/mol. The summed E-state index contributed by atoms with van der Waals surface area (Å²) in [6.07, 6.45) is 4.29. The Kier molecular flexibility index (Phi) is 2.44. The van der Waals surface area contributed by atoms with E-state index in [1.54, 1.807) is 0 Å². The molecule has 0 spiro atoms. The molecule has 3 nitrogen and oxygen atoms in total. The fourth-order valence-corrected chi connectivity index (χ4v) is 1.78. The zero-order valence-electron chi connectivity index (χ0n) is 7.87. The van der Waals surface area contributed by atoms with Gasteiger partial charge in [-0.15, -0.1) is 0 Å². The van der Waals surface area contributed by atoms with Crippen molar-refractivity contribution in [3.05, 3.63) is 34.7 Å². The minimum Gasteiger partial charge on any atom is -0.396 e. The van der Waals surface area contributed by atoms with Gasteiger partial charge in [-0.25, -0.2) is 4.98 Å². The Bertz CT molecular complexity index is 464. The van der Waals surface area contributed by atoms with Gasteiger partial charge in [0.05, 0.1) is 10.7 Å². The van der Waals surface area contributed by atoms with Crippen LogP contribution in [-0.2, 0) is 6.42 Å². The minimum absolute atomic E-state index is 0.122. The van der Waals surface area contributed by atoms with Gasteiger partial charge in [0.2, 0.25) is 0 Å². The first-order chi connectivity index (χ1) is 6.70. The van der Waals surface area contributed by atoms with Crippen LogP contribution in [0.3, 0.4) is 0 Å². The summed E-state index contributed by atoms with van der Waals surface area (Å²) < 4.78 is 1.89. The van der Waals surface area contributed by atoms with E-state index in [9.17, 15) is 0 Å². The van der Waals surface area contributed by atoms with Crippen LogP contribution in [0.1, 0.15) is 11.3 Å². The molecule has 2 aromatic rings. The zero-order chi connectivity index (χ0) is 10.1. The van der Waals surface area contributed by atoms with Crippen LogP contribution < -0.4 is 0 Å². The number of aryl methyl sites for hydroxylation is 1. The van der Waals surface area contributed by atoms with Crippen LogP contribution in [0.5, 0.6) is 0 Å². The Morgan fingerprint density at radius 2 is 2.29 bits per heavy atom. The van der Waals surface area contributed by atoms with Crippen LogP contribution in [0.15, 0.2) is 18.5 Å². The fraction of sp³-hybridized carbons (Fsp3) is 0.300. The first-order valence-corrected chi connectivity index (χ1v) is 4.83. The lowest BCUT2D eigenvalue weighted by Crippen LogP contribution is -1.89. The number of rotatable bonds is 2. The number of hydrogen-bond acceptors (Lipinski definition) is 2. The van der Waals surface area contributed by atoms with Crippen LogP contribution in [0.2, 0.25) is 5.02 Å². The Morgan fingerprint density at radius 3 is 3.00 bits per heavy atom. The van der Waals surface area contributed by atoms with E-state index in [1.165, 1.54) is 0 Å². The van der Waals surface area contributed by atoms with Crippen LogP contribution in [0, 0.1) is 6.92 Å². The fourth-order valence-electron chi connectivity index (χ4n) is 1.51. The van der Waals surface area contributed by atoms with Crippen molar-refractivity contribution in [2.75, 3.05) is 6.61 Å². The molecule has 2 rings (SSSR count). The van der Waals surface area contributed by atoms with E-state index in [0.717, 1.165) is 16.9 Å². The Hall–Kier alpha value is -1.06. The Labute approximate surface area is 87.0 Å². The lowest BCUT2D eigenvalue weighted by Gasteiger charge is -1.97. The number of imidazole rings is 1. The molecule has 0 bridgehead atoms. The maximum absolute atomic E-state index is 8.79. The number of pyridine rings is 1. The summed E-state index contributed by atoms with van der Waals surface area (Å²) in [4.78, 5) is 4.39. The van der Waals surface area contributed by atoms with Crippen LogP contribution in [-0.4, -0.2) is 21.1 Å². The standard InChI is InChI=1S/C10H11ClN2O/c1-7-4-8(11)5-13-6-9(2-3-14)12-10(7)13/h4-6,14H,2-3H2,1H3. The molecular formula is C10H11ClN2O. The van der Waals surface area contributed by atoms with Crippen LogP contribution >= 0.6 is 11.6 Å². The molecule has 0 saturated carbocycles. The molecule has 14 heavy (non-hydrogen) atoms. The maximum atomic E-state index is 8.79. The van der Waals surface area contributed by atoms with E-state index in [0.29, 0.717) is 11.4 Å². The highest BCUT2D eigenvalue weighted by molar-refractivity contribution is 6.30. The molecule has 0 atom stereocenters. The summed E-state index contributed by atoms with van der Waals surface area (Å²) in [5.74, 6) is 0. The predicted molar refractivity (Wildman–Crippen MR) is 55.7 cm³/mol. The van der Waals surface area contributed by atoms with Gasteiger partial charge in [-0.1, -0.05) is 11.6 Å². The van der Waals surface area contributed by atoms with E-state index in [1.807, 2.05) is 29.8 Å². The minimum atomic E-state index is 0.122. The smallest absolute Gasteiger partial charge is 0.140 e.